The molecule has 278 valence electrons. The lowest BCUT2D eigenvalue weighted by Crippen LogP contribution is -2.07. The molecule has 0 saturated heterocycles. The summed E-state index contributed by atoms with van der Waals surface area (Å²) in [6.07, 6.45) is 5.30. The molecule has 7 nitrogen and oxygen atoms in total. The van der Waals surface area contributed by atoms with Crippen LogP contribution in [0, 0.1) is 5.92 Å². The second-order valence-corrected chi connectivity index (χ2v) is 15.7. The van der Waals surface area contributed by atoms with Crippen molar-refractivity contribution in [2.45, 2.75) is 13.3 Å². The molecule has 7 heteroatoms. The molecule has 13 rings (SSSR count). The van der Waals surface area contributed by atoms with Crippen molar-refractivity contribution in [2.75, 3.05) is 0 Å². The van der Waals surface area contributed by atoms with E-state index in [1.54, 1.807) is 0 Å². The van der Waals surface area contributed by atoms with E-state index < -0.39 is 0 Å². The number of nitrogens with zero attached hydrogens (tertiary/aromatic N) is 5. The van der Waals surface area contributed by atoms with Gasteiger partial charge in [-0.1, -0.05) is 122 Å². The summed E-state index contributed by atoms with van der Waals surface area (Å²) in [5.41, 5.74) is 11.1. The minimum absolute atomic E-state index is 0.431. The Morgan fingerprint density at radius 3 is 1.98 bits per heavy atom. The number of H-pyrrole nitrogens is 1. The van der Waals surface area contributed by atoms with Crippen LogP contribution in [0.25, 0.3) is 117 Å². The first-order chi connectivity index (χ1) is 29.2. The van der Waals surface area contributed by atoms with Crippen LogP contribution < -0.4 is 0 Å². The molecule has 0 fully saturated rings. The van der Waals surface area contributed by atoms with E-state index in [0.29, 0.717) is 23.5 Å². The lowest BCUT2D eigenvalue weighted by Gasteiger charge is -2.14. The van der Waals surface area contributed by atoms with Gasteiger partial charge in [0.2, 0.25) is 5.95 Å². The van der Waals surface area contributed by atoms with Gasteiger partial charge in [0.1, 0.15) is 11.3 Å². The number of hydrogen-bond donors (Lipinski definition) is 1. The quantitative estimate of drug-likeness (QED) is 0.194. The number of aromatic amines is 1. The topological polar surface area (TPSA) is 77.5 Å². The second kappa shape index (κ2) is 12.1. The van der Waals surface area contributed by atoms with Crippen LogP contribution in [-0.2, 0) is 6.42 Å². The summed E-state index contributed by atoms with van der Waals surface area (Å²) in [4.78, 5) is 20.1. The molecule has 7 aromatic carbocycles. The molecular weight excluding hydrogens is 725 g/mol. The van der Waals surface area contributed by atoms with E-state index in [9.17, 15) is 0 Å². The smallest absolute Gasteiger partial charge is 0.238 e. The second-order valence-electron chi connectivity index (χ2n) is 15.7. The van der Waals surface area contributed by atoms with Gasteiger partial charge in [-0.2, -0.15) is 9.97 Å². The molecule has 0 radical (unpaired) electrons. The summed E-state index contributed by atoms with van der Waals surface area (Å²) in [6, 6.07) is 53.4. The van der Waals surface area contributed by atoms with E-state index in [2.05, 4.69) is 185 Å². The molecule has 1 atom stereocenters. The van der Waals surface area contributed by atoms with Gasteiger partial charge in [-0.05, 0) is 60.9 Å². The van der Waals surface area contributed by atoms with Crippen LogP contribution in [-0.4, -0.2) is 29.1 Å². The lowest BCUT2D eigenvalue weighted by atomic mass is 9.93. The fourth-order valence-corrected chi connectivity index (χ4v) is 9.68. The monoisotopic (exact) mass is 758 g/mol. The van der Waals surface area contributed by atoms with Crippen LogP contribution in [0.3, 0.4) is 0 Å². The first-order valence-electron chi connectivity index (χ1n) is 20.2. The Labute approximate surface area is 337 Å². The molecule has 5 heterocycles. The first-order valence-corrected chi connectivity index (χ1v) is 20.2. The fraction of sp³-hybridized carbons (Fsp3) is 0.0577. The summed E-state index contributed by atoms with van der Waals surface area (Å²) in [7, 11) is 0. The van der Waals surface area contributed by atoms with E-state index in [0.717, 1.165) is 100.0 Å². The number of fused-ring (bicyclic) bond motifs is 13. The van der Waals surface area contributed by atoms with Crippen molar-refractivity contribution in [3.63, 3.8) is 0 Å². The Morgan fingerprint density at radius 1 is 0.542 bits per heavy atom. The third-order valence-corrected chi connectivity index (χ3v) is 12.3. The number of aromatic nitrogens is 6. The lowest BCUT2D eigenvalue weighted by molar-refractivity contribution is 0.585. The van der Waals surface area contributed by atoms with Gasteiger partial charge in [0.05, 0.1) is 22.1 Å². The zero-order valence-corrected chi connectivity index (χ0v) is 32.0. The van der Waals surface area contributed by atoms with Crippen molar-refractivity contribution in [1.82, 2.24) is 29.1 Å². The number of benzene rings is 7. The van der Waals surface area contributed by atoms with E-state index >= 15 is 0 Å². The van der Waals surface area contributed by atoms with Crippen LogP contribution in [0.2, 0.25) is 0 Å². The van der Waals surface area contributed by atoms with Gasteiger partial charge < -0.3 is 14.0 Å². The Kier molecular flexibility index (Phi) is 6.64. The zero-order valence-electron chi connectivity index (χ0n) is 32.0. The van der Waals surface area contributed by atoms with Crippen LogP contribution in [0.5, 0.6) is 0 Å². The normalized spacial score (nSPS) is 14.2. The first kappa shape index (κ1) is 32.3. The minimum atomic E-state index is 0.431. The van der Waals surface area contributed by atoms with Gasteiger partial charge in [0.15, 0.2) is 17.2 Å². The SMILES string of the molecule is CC1C=Cc2oc3c(ccc4c5ccccc5n(-c5nc(-c6cccc7c6[nH]c6ccccc67)nc(-c6cccc7c8ccccc8n(-c8ccccc8)c67)n5)c43)c2C1. The average Bonchev–Trinajstić information content (AvgIpc) is 4.04. The summed E-state index contributed by atoms with van der Waals surface area (Å²) in [5, 5.41) is 7.90. The zero-order chi connectivity index (χ0) is 38.8. The van der Waals surface area contributed by atoms with E-state index in [4.69, 9.17) is 19.4 Å². The maximum absolute atomic E-state index is 6.83. The molecule has 5 aromatic heterocycles. The van der Waals surface area contributed by atoms with Crippen LogP contribution in [0.4, 0.5) is 0 Å². The third kappa shape index (κ3) is 4.61. The Hall–Kier alpha value is -7.77. The predicted octanol–water partition coefficient (Wildman–Crippen LogP) is 13.0. The van der Waals surface area contributed by atoms with Crippen molar-refractivity contribution in [2.24, 2.45) is 5.92 Å². The number of hydrogen-bond acceptors (Lipinski definition) is 4. The average molecular weight is 759 g/mol. The summed E-state index contributed by atoms with van der Waals surface area (Å²) >= 11 is 0. The molecule has 0 saturated carbocycles. The van der Waals surface area contributed by atoms with Gasteiger partial charge in [-0.3, -0.25) is 4.57 Å². The van der Waals surface area contributed by atoms with Crippen LogP contribution >= 0.6 is 0 Å². The molecular formula is C52H34N6O. The molecule has 1 unspecified atom stereocenters. The number of furan rings is 1. The molecule has 0 bridgehead atoms. The molecule has 1 aliphatic rings. The molecule has 12 aromatic rings. The molecule has 0 amide bonds. The maximum Gasteiger partial charge on any atom is 0.238 e. The van der Waals surface area contributed by atoms with Crippen molar-refractivity contribution in [1.29, 1.82) is 0 Å². The van der Waals surface area contributed by atoms with Crippen molar-refractivity contribution in [3.8, 4) is 34.4 Å². The molecule has 1 N–H and O–H groups in total. The van der Waals surface area contributed by atoms with Crippen LogP contribution in [0.15, 0.2) is 162 Å². The summed E-state index contributed by atoms with van der Waals surface area (Å²) < 4.78 is 11.4. The highest BCUT2D eigenvalue weighted by atomic mass is 16.3. The largest absolute Gasteiger partial charge is 0.454 e. The Balaban J connectivity index is 1.17. The highest BCUT2D eigenvalue weighted by molar-refractivity contribution is 6.18. The predicted molar refractivity (Wildman–Crippen MR) is 240 cm³/mol. The maximum atomic E-state index is 6.83. The molecule has 1 aliphatic carbocycles. The van der Waals surface area contributed by atoms with Crippen LogP contribution in [0.1, 0.15) is 18.2 Å². The van der Waals surface area contributed by atoms with Crippen molar-refractivity contribution < 1.29 is 4.42 Å². The van der Waals surface area contributed by atoms with E-state index in [-0.39, 0.29) is 0 Å². The van der Waals surface area contributed by atoms with Gasteiger partial charge in [0.25, 0.3) is 0 Å². The number of nitrogens with one attached hydrogen (secondary N) is 1. The number of rotatable bonds is 4. The summed E-state index contributed by atoms with van der Waals surface area (Å²) in [5.74, 6) is 3.03. The van der Waals surface area contributed by atoms with Crippen molar-refractivity contribution >= 4 is 82.5 Å². The van der Waals surface area contributed by atoms with Gasteiger partial charge in [-0.15, -0.1) is 0 Å². The van der Waals surface area contributed by atoms with Gasteiger partial charge >= 0.3 is 0 Å². The molecule has 0 spiro atoms. The highest BCUT2D eigenvalue weighted by Crippen LogP contribution is 2.43. The molecule has 0 aliphatic heterocycles. The highest BCUT2D eigenvalue weighted by Gasteiger charge is 2.26. The van der Waals surface area contributed by atoms with Crippen molar-refractivity contribution in [3.05, 3.63) is 169 Å². The minimum Gasteiger partial charge on any atom is -0.454 e. The third-order valence-electron chi connectivity index (χ3n) is 12.3. The van der Waals surface area contributed by atoms with Gasteiger partial charge in [0, 0.05) is 65.6 Å². The molecule has 59 heavy (non-hydrogen) atoms. The number of para-hydroxylation sites is 6. The Bertz CT molecular complexity index is 3730. The van der Waals surface area contributed by atoms with Gasteiger partial charge in [-0.25, -0.2) is 4.98 Å². The van der Waals surface area contributed by atoms with E-state index in [1.807, 2.05) is 0 Å². The fourth-order valence-electron chi connectivity index (χ4n) is 9.68. The van der Waals surface area contributed by atoms with E-state index in [1.165, 1.54) is 10.9 Å². The number of allylic oxidation sites excluding steroid dienone is 1. The standard InChI is InChI=1S/C52H34N6O/c1-30-25-28-45-41(29-30)38-27-26-37-34-17-7-10-24-44(34)58(48(37)49(38)59-45)52-55-50(39-20-11-18-35-32-15-5-8-22-42(32)53-46(35)39)54-51(56-52)40-21-12-19-36-33-16-6-9-23-43(33)57(47(36)40)31-13-3-2-4-14-31/h2-28,30,53H,29H2,1H3. The summed E-state index contributed by atoms with van der Waals surface area (Å²) in [6.45, 7) is 2.26. The Morgan fingerprint density at radius 2 is 1.17 bits per heavy atom.